The number of benzene rings is 1. The Labute approximate surface area is 222 Å². The minimum Gasteiger partial charge on any atom is -0.356 e. The Kier molecular flexibility index (Phi) is 6.31. The van der Waals surface area contributed by atoms with Crippen molar-refractivity contribution in [1.29, 1.82) is 0 Å². The van der Waals surface area contributed by atoms with E-state index in [1.54, 1.807) is 6.07 Å². The van der Waals surface area contributed by atoms with Gasteiger partial charge in [0.15, 0.2) is 0 Å². The summed E-state index contributed by atoms with van der Waals surface area (Å²) in [4.78, 5) is 39.4. The average molecular weight is 509 g/mol. The molecule has 0 radical (unpaired) electrons. The summed E-state index contributed by atoms with van der Waals surface area (Å²) < 4.78 is 2.09. The monoisotopic (exact) mass is 508 g/mol. The molecule has 1 aromatic carbocycles. The van der Waals surface area contributed by atoms with Gasteiger partial charge in [0.05, 0.1) is 0 Å². The van der Waals surface area contributed by atoms with Crippen molar-refractivity contribution < 1.29 is 9.59 Å². The van der Waals surface area contributed by atoms with E-state index >= 15 is 0 Å². The predicted octanol–water partition coefficient (Wildman–Crippen LogP) is 4.69. The maximum atomic E-state index is 13.5. The minimum absolute atomic E-state index is 0.0315. The van der Waals surface area contributed by atoms with Crippen LogP contribution in [0.3, 0.4) is 0 Å². The molecule has 1 N–H and O–H groups in total. The summed E-state index contributed by atoms with van der Waals surface area (Å²) in [5, 5.41) is 4.02. The van der Waals surface area contributed by atoms with Gasteiger partial charge in [-0.05, 0) is 43.4 Å². The highest BCUT2D eigenvalue weighted by Gasteiger charge is 2.32. The molecular formula is C30H32N6O2. The number of aryl methyl sites for hydroxylation is 1. The fourth-order valence-electron chi connectivity index (χ4n) is 5.65. The van der Waals surface area contributed by atoms with Crippen LogP contribution in [0.25, 0.3) is 10.9 Å². The lowest BCUT2D eigenvalue weighted by molar-refractivity contribution is 0.103. The van der Waals surface area contributed by atoms with Crippen LogP contribution in [0.4, 0.5) is 10.6 Å². The first kappa shape index (κ1) is 24.2. The number of para-hydroxylation sites is 1. The zero-order valence-electron chi connectivity index (χ0n) is 21.8. The standard InChI is InChI=1S/C30H32N6O2/c1-3-34-18-24(23-6-4-5-7-27(23)34)29(37)26-16-28(32-19-31-26)35-14-12-22(13-15-35)36-17-21-10-8-20(2)9-11-25(21)33-30(36)38/h4-11,16,18-20,22H,3,12-15,17H2,1-2H3,(H,33,38). The normalized spacial score (nSPS) is 20.1. The van der Waals surface area contributed by atoms with Crippen molar-refractivity contribution in [3.63, 3.8) is 0 Å². The van der Waals surface area contributed by atoms with Crippen LogP contribution in [0.1, 0.15) is 42.7 Å². The van der Waals surface area contributed by atoms with Gasteiger partial charge in [0, 0.05) is 66.6 Å². The summed E-state index contributed by atoms with van der Waals surface area (Å²) in [5.41, 5.74) is 4.16. The first-order chi connectivity index (χ1) is 18.5. The second kappa shape index (κ2) is 9.93. The molecule has 0 bridgehead atoms. The number of anilines is 1. The van der Waals surface area contributed by atoms with Crippen molar-refractivity contribution in [2.24, 2.45) is 5.92 Å². The molecule has 1 fully saturated rings. The molecular weight excluding hydrogens is 476 g/mol. The molecule has 1 saturated heterocycles. The molecule has 8 heteroatoms. The highest BCUT2D eigenvalue weighted by atomic mass is 16.2. The van der Waals surface area contributed by atoms with Gasteiger partial charge in [-0.2, -0.15) is 0 Å². The number of ketones is 1. The summed E-state index contributed by atoms with van der Waals surface area (Å²) in [5.74, 6) is 1.00. The molecule has 194 valence electrons. The highest BCUT2D eigenvalue weighted by Crippen LogP contribution is 2.28. The molecule has 0 spiro atoms. The molecule has 2 amide bonds. The van der Waals surface area contributed by atoms with Crippen LogP contribution >= 0.6 is 0 Å². The summed E-state index contributed by atoms with van der Waals surface area (Å²) >= 11 is 0. The second-order valence-corrected chi connectivity index (χ2v) is 10.2. The number of aromatic nitrogens is 3. The highest BCUT2D eigenvalue weighted by molar-refractivity contribution is 6.15. The number of carbonyl (C=O) groups is 2. The molecule has 2 aliphatic heterocycles. The van der Waals surface area contributed by atoms with Gasteiger partial charge in [0.2, 0.25) is 5.78 Å². The van der Waals surface area contributed by atoms with E-state index in [4.69, 9.17) is 0 Å². The number of nitrogens with zero attached hydrogens (tertiary/aromatic N) is 5. The van der Waals surface area contributed by atoms with Crippen LogP contribution in [-0.2, 0) is 6.54 Å². The number of rotatable bonds is 5. The largest absolute Gasteiger partial charge is 0.356 e. The van der Waals surface area contributed by atoms with Crippen molar-refractivity contribution in [2.45, 2.75) is 39.3 Å². The van der Waals surface area contributed by atoms with Gasteiger partial charge in [0.25, 0.3) is 0 Å². The lowest BCUT2D eigenvalue weighted by Crippen LogP contribution is -2.53. The van der Waals surface area contributed by atoms with Gasteiger partial charge in [-0.3, -0.25) is 4.79 Å². The van der Waals surface area contributed by atoms with Crippen molar-refractivity contribution in [3.05, 3.63) is 89.7 Å². The van der Waals surface area contributed by atoms with Gasteiger partial charge in [-0.25, -0.2) is 14.8 Å². The van der Waals surface area contributed by atoms with Gasteiger partial charge >= 0.3 is 6.03 Å². The van der Waals surface area contributed by atoms with E-state index in [0.717, 1.165) is 60.5 Å². The smallest absolute Gasteiger partial charge is 0.322 e. The first-order valence-corrected chi connectivity index (χ1v) is 13.4. The summed E-state index contributed by atoms with van der Waals surface area (Å²) in [6, 6.07) is 9.89. The van der Waals surface area contributed by atoms with Crippen LogP contribution in [0, 0.1) is 5.92 Å². The molecule has 3 aromatic rings. The molecule has 6 rings (SSSR count). The van der Waals surface area contributed by atoms with E-state index in [1.807, 2.05) is 41.4 Å². The Balaban J connectivity index is 1.16. The fourth-order valence-corrected chi connectivity index (χ4v) is 5.65. The van der Waals surface area contributed by atoms with E-state index < -0.39 is 0 Å². The number of amides is 2. The van der Waals surface area contributed by atoms with E-state index in [0.29, 0.717) is 23.7 Å². The third-order valence-corrected chi connectivity index (χ3v) is 7.84. The summed E-state index contributed by atoms with van der Waals surface area (Å²) in [7, 11) is 0. The van der Waals surface area contributed by atoms with Crippen LogP contribution in [0.5, 0.6) is 0 Å². The van der Waals surface area contributed by atoms with E-state index in [1.165, 1.54) is 6.33 Å². The van der Waals surface area contributed by atoms with E-state index in [2.05, 4.69) is 56.8 Å². The number of fused-ring (bicyclic) bond motifs is 1. The number of piperidine rings is 1. The molecule has 3 aliphatic rings. The van der Waals surface area contributed by atoms with Crippen LogP contribution in [-0.4, -0.2) is 56.9 Å². The van der Waals surface area contributed by atoms with Gasteiger partial charge in [-0.15, -0.1) is 0 Å². The number of nitrogens with one attached hydrogen (secondary N) is 1. The SMILES string of the molecule is CCn1cc(C(=O)c2cc(N3CCC(N4CC5=C(C=CC(C)C=C5)NC4=O)CC3)ncn2)c2ccccc21. The van der Waals surface area contributed by atoms with Crippen molar-refractivity contribution in [2.75, 3.05) is 24.5 Å². The van der Waals surface area contributed by atoms with Crippen LogP contribution < -0.4 is 10.2 Å². The van der Waals surface area contributed by atoms with Crippen molar-refractivity contribution in [1.82, 2.24) is 24.8 Å². The Morgan fingerprint density at radius 1 is 1.11 bits per heavy atom. The van der Waals surface area contributed by atoms with Crippen molar-refractivity contribution in [3.8, 4) is 0 Å². The molecule has 1 atom stereocenters. The summed E-state index contributed by atoms with van der Waals surface area (Å²) in [6.07, 6.45) is 13.5. The number of hydrogen-bond donors (Lipinski definition) is 1. The maximum absolute atomic E-state index is 13.5. The Bertz CT molecular complexity index is 1490. The number of urea groups is 1. The molecule has 38 heavy (non-hydrogen) atoms. The van der Waals surface area contributed by atoms with Crippen molar-refractivity contribution >= 4 is 28.5 Å². The van der Waals surface area contributed by atoms with Gasteiger partial charge in [-0.1, -0.05) is 43.4 Å². The predicted molar refractivity (Wildman–Crippen MR) is 148 cm³/mol. The van der Waals surface area contributed by atoms with Gasteiger partial charge < -0.3 is 19.7 Å². The Hall–Kier alpha value is -4.20. The maximum Gasteiger partial charge on any atom is 0.322 e. The van der Waals surface area contributed by atoms with E-state index in [9.17, 15) is 9.59 Å². The minimum atomic E-state index is -0.0965. The molecule has 4 heterocycles. The quantitative estimate of drug-likeness (QED) is 0.506. The zero-order chi connectivity index (χ0) is 26.2. The number of carbonyl (C=O) groups excluding carboxylic acids is 2. The molecule has 1 unspecified atom stereocenters. The molecule has 8 nitrogen and oxygen atoms in total. The Morgan fingerprint density at radius 3 is 2.71 bits per heavy atom. The second-order valence-electron chi connectivity index (χ2n) is 10.2. The number of hydrogen-bond acceptors (Lipinski definition) is 5. The molecule has 2 aromatic heterocycles. The van der Waals surface area contributed by atoms with Crippen LogP contribution in [0.2, 0.25) is 0 Å². The Morgan fingerprint density at radius 2 is 1.89 bits per heavy atom. The average Bonchev–Trinajstić information content (AvgIpc) is 3.24. The molecule has 1 aliphatic carbocycles. The lowest BCUT2D eigenvalue weighted by atomic mass is 10.0. The first-order valence-electron chi connectivity index (χ1n) is 13.4. The van der Waals surface area contributed by atoms with Crippen LogP contribution in [0.15, 0.2) is 78.4 Å². The number of allylic oxidation sites excluding steroid dienone is 3. The fraction of sp³-hybridized carbons (Fsp3) is 0.333. The topological polar surface area (TPSA) is 83.4 Å². The van der Waals surface area contributed by atoms with E-state index in [-0.39, 0.29) is 17.9 Å². The molecule has 0 saturated carbocycles. The van der Waals surface area contributed by atoms with Gasteiger partial charge in [0.1, 0.15) is 17.8 Å². The summed E-state index contributed by atoms with van der Waals surface area (Å²) in [6.45, 7) is 7.13. The third-order valence-electron chi connectivity index (χ3n) is 7.84. The third kappa shape index (κ3) is 4.40. The zero-order valence-corrected chi connectivity index (χ0v) is 21.8. The lowest BCUT2D eigenvalue weighted by Gasteiger charge is -2.41.